The monoisotopic (exact) mass is 335 g/mol. The summed E-state index contributed by atoms with van der Waals surface area (Å²) >= 11 is 0. The predicted molar refractivity (Wildman–Crippen MR) is 87.5 cm³/mol. The molecule has 1 aliphatic heterocycles. The van der Waals surface area contributed by atoms with Crippen LogP contribution in [0.2, 0.25) is 0 Å². The van der Waals surface area contributed by atoms with Gasteiger partial charge < -0.3 is 9.22 Å². The third kappa shape index (κ3) is 2.99. The molecule has 2 bridgehead atoms. The molecular formula is C18H27N2O4+. The summed E-state index contributed by atoms with van der Waals surface area (Å²) in [5.41, 5.74) is 0. The molecule has 0 N–H and O–H groups in total. The number of fused-ring (bicyclic) bond motifs is 5. The Labute approximate surface area is 143 Å². The van der Waals surface area contributed by atoms with Crippen LogP contribution in [0.15, 0.2) is 12.2 Å². The number of likely N-dealkylation sites (N-methyl/N-ethyl adjacent to an activating group) is 1. The summed E-state index contributed by atoms with van der Waals surface area (Å²) in [5, 5.41) is 0. The number of hydrogen-bond acceptors (Lipinski definition) is 4. The lowest BCUT2D eigenvalue weighted by Gasteiger charge is -2.30. The van der Waals surface area contributed by atoms with Gasteiger partial charge in [0.25, 0.3) is 0 Å². The van der Waals surface area contributed by atoms with E-state index in [1.54, 1.807) is 0 Å². The first kappa shape index (κ1) is 17.1. The molecule has 4 atom stereocenters. The number of ether oxygens (including phenoxy) is 1. The first-order chi connectivity index (χ1) is 11.2. The van der Waals surface area contributed by atoms with E-state index < -0.39 is 0 Å². The average molecular weight is 335 g/mol. The molecule has 132 valence electrons. The maximum absolute atomic E-state index is 12.6. The number of hydrogen-bond donors (Lipinski definition) is 0. The van der Waals surface area contributed by atoms with E-state index in [-0.39, 0.29) is 54.1 Å². The first-order valence-electron chi connectivity index (χ1n) is 8.74. The zero-order chi connectivity index (χ0) is 17.6. The highest BCUT2D eigenvalue weighted by Crippen LogP contribution is 2.52. The summed E-state index contributed by atoms with van der Waals surface area (Å²) in [6.07, 6.45) is 5.01. The van der Waals surface area contributed by atoms with Gasteiger partial charge in [0.1, 0.15) is 0 Å². The van der Waals surface area contributed by atoms with Crippen LogP contribution in [0.25, 0.3) is 0 Å². The molecule has 6 nitrogen and oxygen atoms in total. The summed E-state index contributed by atoms with van der Waals surface area (Å²) in [6, 6.07) is 0. The van der Waals surface area contributed by atoms with Gasteiger partial charge in [0.05, 0.1) is 45.1 Å². The van der Waals surface area contributed by atoms with Crippen molar-refractivity contribution in [2.45, 2.75) is 26.4 Å². The van der Waals surface area contributed by atoms with Crippen molar-refractivity contribution >= 4 is 17.8 Å². The Morgan fingerprint density at radius 3 is 2.25 bits per heavy atom. The highest BCUT2D eigenvalue weighted by atomic mass is 16.5. The Kier molecular flexibility index (Phi) is 4.28. The number of rotatable bonds is 6. The fourth-order valence-electron chi connectivity index (χ4n) is 4.28. The molecule has 1 heterocycles. The molecule has 24 heavy (non-hydrogen) atoms. The van der Waals surface area contributed by atoms with Crippen molar-refractivity contribution in [3.8, 4) is 0 Å². The van der Waals surface area contributed by atoms with Crippen LogP contribution in [0.1, 0.15) is 20.3 Å². The van der Waals surface area contributed by atoms with Crippen LogP contribution in [0.4, 0.5) is 0 Å². The van der Waals surface area contributed by atoms with Gasteiger partial charge in [0.2, 0.25) is 11.8 Å². The average Bonchev–Trinajstić information content (AvgIpc) is 3.10. The molecule has 2 aliphatic carbocycles. The van der Waals surface area contributed by atoms with Gasteiger partial charge >= 0.3 is 5.97 Å². The van der Waals surface area contributed by atoms with Gasteiger partial charge in [-0.3, -0.25) is 14.5 Å². The molecule has 2 amide bonds. The molecular weight excluding hydrogens is 308 g/mol. The summed E-state index contributed by atoms with van der Waals surface area (Å²) in [5.74, 6) is -0.107. The molecule has 0 unspecified atom stereocenters. The first-order valence-corrected chi connectivity index (χ1v) is 8.74. The Morgan fingerprint density at radius 2 is 1.75 bits per heavy atom. The topological polar surface area (TPSA) is 63.7 Å². The van der Waals surface area contributed by atoms with Gasteiger partial charge in [-0.1, -0.05) is 12.2 Å². The quantitative estimate of drug-likeness (QED) is 0.312. The molecule has 6 heteroatoms. The minimum Gasteiger partial charge on any atom is -0.459 e. The molecule has 0 aromatic heterocycles. The second-order valence-corrected chi connectivity index (χ2v) is 8.18. The molecule has 0 aromatic rings. The number of carbonyl (C=O) groups excluding carboxylic acids is 3. The molecule has 0 spiro atoms. The Balaban J connectivity index is 1.58. The SMILES string of the molecule is CC(C)OC(=O)C[N+](C)(C)CCN1C(=O)[C@@H]2[C@H](C1=O)[C@H]1C=C[C@H]2C1. The van der Waals surface area contributed by atoms with E-state index in [0.29, 0.717) is 17.6 Å². The third-order valence-electron chi connectivity index (χ3n) is 5.41. The van der Waals surface area contributed by atoms with E-state index in [0.717, 1.165) is 6.42 Å². The third-order valence-corrected chi connectivity index (χ3v) is 5.41. The second kappa shape index (κ2) is 5.99. The lowest BCUT2D eigenvalue weighted by Crippen LogP contribution is -2.50. The van der Waals surface area contributed by atoms with Crippen molar-refractivity contribution in [3.63, 3.8) is 0 Å². The Morgan fingerprint density at radius 1 is 1.21 bits per heavy atom. The van der Waals surface area contributed by atoms with E-state index in [2.05, 4.69) is 12.2 Å². The van der Waals surface area contributed by atoms with E-state index >= 15 is 0 Å². The lowest BCUT2D eigenvalue weighted by molar-refractivity contribution is -0.882. The molecule has 3 rings (SSSR count). The number of quaternary nitrogens is 1. The van der Waals surface area contributed by atoms with E-state index in [4.69, 9.17) is 4.74 Å². The van der Waals surface area contributed by atoms with E-state index in [1.807, 2.05) is 27.9 Å². The largest absolute Gasteiger partial charge is 0.459 e. The molecule has 1 saturated heterocycles. The van der Waals surface area contributed by atoms with Crippen molar-refractivity contribution in [1.29, 1.82) is 0 Å². The van der Waals surface area contributed by atoms with Gasteiger partial charge in [0.15, 0.2) is 6.54 Å². The van der Waals surface area contributed by atoms with Gasteiger partial charge in [0, 0.05) is 0 Å². The van der Waals surface area contributed by atoms with Gasteiger partial charge in [-0.2, -0.15) is 0 Å². The standard InChI is InChI=1S/C18H27N2O4/c1-11(2)24-14(21)10-20(3,4)8-7-19-17(22)15-12-5-6-13(9-12)16(15)18(19)23/h5-6,11-13,15-16H,7-10H2,1-4H3/q+1/t12-,13-,15-,16+/m0/s1. The Bertz CT molecular complexity index is 566. The molecule has 2 fully saturated rings. The van der Waals surface area contributed by atoms with Crippen molar-refractivity contribution < 1.29 is 23.6 Å². The minimum absolute atomic E-state index is 0.0217. The number of esters is 1. The van der Waals surface area contributed by atoms with Crippen LogP contribution in [0.3, 0.4) is 0 Å². The number of nitrogens with zero attached hydrogens (tertiary/aromatic N) is 2. The highest BCUT2D eigenvalue weighted by molar-refractivity contribution is 6.06. The van der Waals surface area contributed by atoms with Crippen LogP contribution in [-0.2, 0) is 19.1 Å². The number of carbonyl (C=O) groups is 3. The number of imide groups is 1. The zero-order valence-corrected chi connectivity index (χ0v) is 14.9. The summed E-state index contributed by atoms with van der Waals surface area (Å²) in [6.45, 7) is 4.79. The van der Waals surface area contributed by atoms with Crippen LogP contribution in [0.5, 0.6) is 0 Å². The smallest absolute Gasteiger partial charge is 0.362 e. The highest BCUT2D eigenvalue weighted by Gasteiger charge is 2.59. The fraction of sp³-hybridized carbons (Fsp3) is 0.722. The van der Waals surface area contributed by atoms with Crippen LogP contribution in [0, 0.1) is 23.7 Å². The second-order valence-electron chi connectivity index (χ2n) is 8.18. The van der Waals surface area contributed by atoms with E-state index in [9.17, 15) is 14.4 Å². The molecule has 0 radical (unpaired) electrons. The van der Waals surface area contributed by atoms with Crippen LogP contribution < -0.4 is 0 Å². The van der Waals surface area contributed by atoms with Crippen molar-refractivity contribution in [2.75, 3.05) is 33.7 Å². The van der Waals surface area contributed by atoms with Crippen molar-refractivity contribution in [2.24, 2.45) is 23.7 Å². The van der Waals surface area contributed by atoms with Crippen molar-refractivity contribution in [1.82, 2.24) is 4.90 Å². The lowest BCUT2D eigenvalue weighted by atomic mass is 9.85. The predicted octanol–water partition coefficient (Wildman–Crippen LogP) is 0.821. The van der Waals surface area contributed by atoms with Gasteiger partial charge in [-0.15, -0.1) is 0 Å². The molecule has 0 aromatic carbocycles. The number of amides is 2. The Hall–Kier alpha value is -1.69. The molecule has 3 aliphatic rings. The number of likely N-dealkylation sites (tertiary alicyclic amines) is 1. The minimum atomic E-state index is -0.256. The van der Waals surface area contributed by atoms with Crippen LogP contribution >= 0.6 is 0 Å². The normalized spacial score (nSPS) is 31.3. The summed E-state index contributed by atoms with van der Waals surface area (Å²) < 4.78 is 5.58. The van der Waals surface area contributed by atoms with Gasteiger partial charge in [-0.25, -0.2) is 4.79 Å². The van der Waals surface area contributed by atoms with Crippen molar-refractivity contribution in [3.05, 3.63) is 12.2 Å². The van der Waals surface area contributed by atoms with E-state index in [1.165, 1.54) is 4.90 Å². The van der Waals surface area contributed by atoms with Crippen LogP contribution in [-0.4, -0.2) is 67.0 Å². The number of allylic oxidation sites excluding steroid dienone is 2. The summed E-state index contributed by atoms with van der Waals surface area (Å²) in [4.78, 5) is 38.6. The summed E-state index contributed by atoms with van der Waals surface area (Å²) in [7, 11) is 3.83. The zero-order valence-electron chi connectivity index (χ0n) is 14.9. The maximum atomic E-state index is 12.6. The fourth-order valence-corrected chi connectivity index (χ4v) is 4.28. The maximum Gasteiger partial charge on any atom is 0.362 e. The molecule has 1 saturated carbocycles. The van der Waals surface area contributed by atoms with Gasteiger partial charge in [-0.05, 0) is 32.1 Å².